The van der Waals surface area contributed by atoms with E-state index in [1.54, 1.807) is 52.0 Å². The number of hydrogen-bond acceptors (Lipinski definition) is 6. The Morgan fingerprint density at radius 2 is 1.61 bits per heavy atom. The van der Waals surface area contributed by atoms with Crippen LogP contribution in [0.25, 0.3) is 0 Å². The topological polar surface area (TPSA) is 132 Å². The van der Waals surface area contributed by atoms with Crippen molar-refractivity contribution in [1.82, 2.24) is 10.2 Å². The molecule has 0 fully saturated rings. The van der Waals surface area contributed by atoms with Crippen LogP contribution in [0.15, 0.2) is 42.5 Å². The quantitative estimate of drug-likeness (QED) is 0.481. The molecule has 9 nitrogen and oxygen atoms in total. The summed E-state index contributed by atoms with van der Waals surface area (Å²) in [6.07, 6.45) is -0.903. The van der Waals surface area contributed by atoms with Gasteiger partial charge in [-0.1, -0.05) is 42.5 Å². The number of nitrogens with one attached hydrogen (secondary N) is 2. The van der Waals surface area contributed by atoms with Crippen LogP contribution >= 0.6 is 0 Å². The number of carbonyl (C=O) groups excluding carboxylic acids is 3. The number of benzene rings is 2. The van der Waals surface area contributed by atoms with Crippen molar-refractivity contribution >= 4 is 23.6 Å². The molecule has 0 aliphatic heterocycles. The summed E-state index contributed by atoms with van der Waals surface area (Å²) in [5.74, 6) is -1.32. The van der Waals surface area contributed by atoms with Gasteiger partial charge in [-0.25, -0.2) is 4.79 Å². The van der Waals surface area contributed by atoms with Gasteiger partial charge in [-0.3, -0.25) is 9.59 Å². The van der Waals surface area contributed by atoms with Crippen LogP contribution in [0.3, 0.4) is 0 Å². The molecule has 3 amide bonds. The van der Waals surface area contributed by atoms with Gasteiger partial charge >= 0.3 is 6.09 Å². The Kier molecular flexibility index (Phi) is 9.59. The van der Waals surface area contributed by atoms with Crippen molar-refractivity contribution in [2.24, 2.45) is 0 Å². The van der Waals surface area contributed by atoms with Crippen LogP contribution in [0.5, 0.6) is 0 Å². The van der Waals surface area contributed by atoms with Crippen LogP contribution in [0, 0.1) is 32.1 Å². The third kappa shape index (κ3) is 7.30. The molecule has 2 atom stereocenters. The van der Waals surface area contributed by atoms with Gasteiger partial charge in [0.2, 0.25) is 5.91 Å². The maximum Gasteiger partial charge on any atom is 0.408 e. The Balaban J connectivity index is 2.50. The van der Waals surface area contributed by atoms with Crippen LogP contribution in [0.4, 0.5) is 10.5 Å². The average molecular weight is 495 g/mol. The van der Waals surface area contributed by atoms with E-state index in [0.29, 0.717) is 11.3 Å². The second-order valence-corrected chi connectivity index (χ2v) is 9.52. The van der Waals surface area contributed by atoms with Crippen molar-refractivity contribution in [3.63, 3.8) is 0 Å². The number of alkyl carbamates (subject to hydrolysis) is 1. The van der Waals surface area contributed by atoms with Crippen molar-refractivity contribution in [3.05, 3.63) is 64.7 Å². The number of aliphatic hydroxyl groups is 1. The number of nitrogens with zero attached hydrogens (tertiary/aromatic N) is 2. The first-order chi connectivity index (χ1) is 16.9. The summed E-state index contributed by atoms with van der Waals surface area (Å²) in [6, 6.07) is 11.9. The SMILES string of the molecule is Cc1ccccc1C(C(=O)Nc1c(C)cccc1C)N(CC#N)C(=O)C(CO)NC(=O)OC(C)(C)C. The zero-order valence-corrected chi connectivity index (χ0v) is 21.6. The molecule has 2 aromatic carbocycles. The normalized spacial score (nSPS) is 12.6. The summed E-state index contributed by atoms with van der Waals surface area (Å²) in [5, 5.41) is 24.7. The Bertz CT molecular complexity index is 1130. The second kappa shape index (κ2) is 12.2. The third-order valence-electron chi connectivity index (χ3n) is 5.47. The fraction of sp³-hybridized carbons (Fsp3) is 0.407. The molecule has 2 rings (SSSR count). The minimum Gasteiger partial charge on any atom is -0.444 e. The number of hydrogen-bond donors (Lipinski definition) is 3. The fourth-order valence-electron chi connectivity index (χ4n) is 3.76. The molecular weight excluding hydrogens is 460 g/mol. The molecule has 0 radical (unpaired) electrons. The van der Waals surface area contributed by atoms with Crippen molar-refractivity contribution in [2.75, 3.05) is 18.5 Å². The minimum atomic E-state index is -1.42. The number of ether oxygens (including phenoxy) is 1. The van der Waals surface area contributed by atoms with E-state index in [9.17, 15) is 24.8 Å². The third-order valence-corrected chi connectivity index (χ3v) is 5.47. The van der Waals surface area contributed by atoms with Gasteiger partial charge in [-0.15, -0.1) is 0 Å². The van der Waals surface area contributed by atoms with Gasteiger partial charge in [0.25, 0.3) is 5.91 Å². The Morgan fingerprint density at radius 1 is 1.03 bits per heavy atom. The van der Waals surface area contributed by atoms with Crippen LogP contribution in [-0.4, -0.2) is 52.7 Å². The molecular formula is C27H34N4O5. The summed E-state index contributed by atoms with van der Waals surface area (Å²) in [7, 11) is 0. The molecule has 0 spiro atoms. The molecule has 2 aromatic rings. The number of anilines is 1. The molecule has 9 heteroatoms. The van der Waals surface area contributed by atoms with E-state index in [1.807, 2.05) is 38.1 Å². The number of para-hydroxylation sites is 1. The van der Waals surface area contributed by atoms with Gasteiger partial charge in [0.1, 0.15) is 24.2 Å². The van der Waals surface area contributed by atoms with Crippen LogP contribution in [-0.2, 0) is 14.3 Å². The fourth-order valence-corrected chi connectivity index (χ4v) is 3.76. The number of amides is 3. The maximum atomic E-state index is 13.7. The van der Waals surface area contributed by atoms with E-state index in [4.69, 9.17) is 4.74 Å². The molecule has 0 heterocycles. The monoisotopic (exact) mass is 494 g/mol. The highest BCUT2D eigenvalue weighted by atomic mass is 16.6. The van der Waals surface area contributed by atoms with Crippen molar-refractivity contribution in [2.45, 2.75) is 59.2 Å². The lowest BCUT2D eigenvalue weighted by molar-refractivity contribution is -0.140. The largest absolute Gasteiger partial charge is 0.444 e. The van der Waals surface area contributed by atoms with Crippen molar-refractivity contribution < 1.29 is 24.2 Å². The molecule has 0 saturated heterocycles. The Labute approximate surface area is 212 Å². The minimum absolute atomic E-state index is 0.454. The lowest BCUT2D eigenvalue weighted by Crippen LogP contribution is -2.54. The van der Waals surface area contributed by atoms with Crippen LogP contribution in [0.2, 0.25) is 0 Å². The van der Waals surface area contributed by atoms with E-state index < -0.39 is 48.7 Å². The van der Waals surface area contributed by atoms with Crippen LogP contribution < -0.4 is 10.6 Å². The molecule has 0 saturated carbocycles. The first-order valence-corrected chi connectivity index (χ1v) is 11.6. The molecule has 0 aliphatic rings. The van der Waals surface area contributed by atoms with Crippen molar-refractivity contribution in [3.8, 4) is 6.07 Å². The van der Waals surface area contributed by atoms with E-state index in [-0.39, 0.29) is 0 Å². The van der Waals surface area contributed by atoms with Crippen molar-refractivity contribution in [1.29, 1.82) is 5.26 Å². The number of carbonyl (C=O) groups is 3. The van der Waals surface area contributed by atoms with Gasteiger partial charge in [-0.2, -0.15) is 5.26 Å². The van der Waals surface area contributed by atoms with Gasteiger partial charge in [-0.05, 0) is 63.8 Å². The van der Waals surface area contributed by atoms with E-state index in [2.05, 4.69) is 10.6 Å². The van der Waals surface area contributed by atoms with Crippen LogP contribution in [0.1, 0.15) is 49.1 Å². The summed E-state index contributed by atoms with van der Waals surface area (Å²) < 4.78 is 5.20. The lowest BCUT2D eigenvalue weighted by Gasteiger charge is -2.33. The summed E-state index contributed by atoms with van der Waals surface area (Å²) >= 11 is 0. The predicted molar refractivity (Wildman–Crippen MR) is 136 cm³/mol. The summed E-state index contributed by atoms with van der Waals surface area (Å²) in [6.45, 7) is 9.30. The zero-order chi connectivity index (χ0) is 27.0. The van der Waals surface area contributed by atoms with Gasteiger partial charge in [0, 0.05) is 5.69 Å². The van der Waals surface area contributed by atoms with E-state index in [1.165, 1.54) is 0 Å². The number of aryl methyl sites for hydroxylation is 3. The Hall–Kier alpha value is -3.90. The molecule has 192 valence electrons. The number of rotatable bonds is 8. The Morgan fingerprint density at radius 3 is 2.14 bits per heavy atom. The molecule has 0 aromatic heterocycles. The highest BCUT2D eigenvalue weighted by Gasteiger charge is 2.37. The molecule has 0 bridgehead atoms. The smallest absolute Gasteiger partial charge is 0.408 e. The first kappa shape index (κ1) is 28.3. The number of nitriles is 1. The molecule has 36 heavy (non-hydrogen) atoms. The number of aliphatic hydroxyl groups excluding tert-OH is 1. The summed E-state index contributed by atoms with van der Waals surface area (Å²) in [5.41, 5.74) is 2.70. The standard InChI is InChI=1S/C27H34N4O5/c1-17-10-7-8-13-20(17)23(24(33)30-22-18(2)11-9-12-19(22)3)31(15-14-28)25(34)21(16-32)29-26(35)36-27(4,5)6/h7-13,21,23,32H,15-16H2,1-6H3,(H,29,35)(H,30,33). The highest BCUT2D eigenvalue weighted by molar-refractivity contribution is 6.00. The van der Waals surface area contributed by atoms with Gasteiger partial charge in [0.15, 0.2) is 0 Å². The average Bonchev–Trinajstić information content (AvgIpc) is 2.79. The maximum absolute atomic E-state index is 13.7. The highest BCUT2D eigenvalue weighted by Crippen LogP contribution is 2.28. The van der Waals surface area contributed by atoms with E-state index in [0.717, 1.165) is 21.6 Å². The van der Waals surface area contributed by atoms with Gasteiger partial charge in [0.05, 0.1) is 12.7 Å². The zero-order valence-electron chi connectivity index (χ0n) is 21.6. The first-order valence-electron chi connectivity index (χ1n) is 11.6. The summed E-state index contributed by atoms with van der Waals surface area (Å²) in [4.78, 5) is 40.6. The molecule has 2 unspecified atom stereocenters. The lowest BCUT2D eigenvalue weighted by atomic mass is 9.97. The van der Waals surface area contributed by atoms with E-state index >= 15 is 0 Å². The molecule has 0 aliphatic carbocycles. The molecule has 3 N–H and O–H groups in total. The van der Waals surface area contributed by atoms with Gasteiger partial charge < -0.3 is 25.4 Å². The predicted octanol–water partition coefficient (Wildman–Crippen LogP) is 3.53. The second-order valence-electron chi connectivity index (χ2n) is 9.52.